The molecule has 9 aromatic carbocycles. The summed E-state index contributed by atoms with van der Waals surface area (Å²) in [7, 11) is 0. The number of hydrogen-bond donors (Lipinski definition) is 0. The highest BCUT2D eigenvalue weighted by Crippen LogP contribution is 2.50. The standard InChI is InChI=1S/C66H52N2/c1-7-21-47(22-8-1)51-39-44-60-63(45-51)58-33-19-20-34-59(58)66-64(50-37-42-57(43-38-50)68(54-29-15-5-16-30-54)55-31-17-6-18-32-55)61(48-23-9-2-10-24-48)46-62(65(60)66)49-35-40-56(41-36-49)67(52-25-11-3-12-26-52)53-27-13-4-14-28-53/h1,3-5,7-9,11-17,19-35,37-40,42-46H,2,6,10,18,36,41H2. The summed E-state index contributed by atoms with van der Waals surface area (Å²) in [5, 5.41) is 7.73. The maximum atomic E-state index is 2.55. The van der Waals surface area contributed by atoms with Gasteiger partial charge < -0.3 is 9.80 Å². The number of anilines is 4. The van der Waals surface area contributed by atoms with Crippen LogP contribution in [-0.2, 0) is 0 Å². The second-order valence-electron chi connectivity index (χ2n) is 18.1. The highest BCUT2D eigenvalue weighted by Gasteiger charge is 2.26. The Labute approximate surface area is 400 Å². The average molecular weight is 873 g/mol. The first-order valence-electron chi connectivity index (χ1n) is 24.3. The Balaban J connectivity index is 1.12. The molecule has 0 amide bonds. The van der Waals surface area contributed by atoms with E-state index in [0.29, 0.717) is 0 Å². The number of para-hydroxylation sites is 3. The van der Waals surface area contributed by atoms with Crippen molar-refractivity contribution in [2.24, 2.45) is 0 Å². The van der Waals surface area contributed by atoms with Gasteiger partial charge in [0, 0.05) is 34.1 Å². The Bertz CT molecular complexity index is 3480. The van der Waals surface area contributed by atoms with Crippen LogP contribution in [-0.4, -0.2) is 0 Å². The van der Waals surface area contributed by atoms with Crippen LogP contribution >= 0.6 is 0 Å². The normalized spacial score (nSPS) is 14.6. The number of allylic oxidation sites excluding steroid dienone is 11. The molecule has 0 aromatic heterocycles. The molecule has 0 aliphatic heterocycles. The van der Waals surface area contributed by atoms with Crippen molar-refractivity contribution in [3.63, 3.8) is 0 Å². The van der Waals surface area contributed by atoms with Gasteiger partial charge >= 0.3 is 0 Å². The van der Waals surface area contributed by atoms with E-state index in [4.69, 9.17) is 0 Å². The van der Waals surface area contributed by atoms with E-state index in [1.165, 1.54) is 99.6 Å². The smallest absolute Gasteiger partial charge is 0.0461 e. The zero-order valence-corrected chi connectivity index (χ0v) is 38.2. The molecule has 0 atom stereocenters. The molecule has 68 heavy (non-hydrogen) atoms. The summed E-state index contributed by atoms with van der Waals surface area (Å²) < 4.78 is 0. The third-order valence-corrected chi connectivity index (χ3v) is 14.0. The Morgan fingerprint density at radius 1 is 0.353 bits per heavy atom. The molecule has 0 heterocycles. The van der Waals surface area contributed by atoms with Crippen molar-refractivity contribution in [3.8, 4) is 22.3 Å². The maximum absolute atomic E-state index is 2.55. The first-order chi connectivity index (χ1) is 33.8. The van der Waals surface area contributed by atoms with Gasteiger partial charge in [0.15, 0.2) is 0 Å². The summed E-state index contributed by atoms with van der Waals surface area (Å²) in [6.45, 7) is 0. The van der Waals surface area contributed by atoms with Crippen molar-refractivity contribution in [1.82, 2.24) is 0 Å². The lowest BCUT2D eigenvalue weighted by Crippen LogP contribution is -2.17. The molecule has 3 aliphatic carbocycles. The topological polar surface area (TPSA) is 6.48 Å². The van der Waals surface area contributed by atoms with Crippen molar-refractivity contribution in [2.75, 3.05) is 9.80 Å². The fraction of sp³-hybridized carbons (Fsp3) is 0.0909. The molecular weight excluding hydrogens is 821 g/mol. The zero-order valence-electron chi connectivity index (χ0n) is 38.2. The Kier molecular flexibility index (Phi) is 11.1. The maximum Gasteiger partial charge on any atom is 0.0461 e. The third kappa shape index (κ3) is 7.68. The molecule has 0 saturated carbocycles. The lowest BCUT2D eigenvalue weighted by atomic mass is 9.79. The largest absolute Gasteiger partial charge is 0.314 e. The van der Waals surface area contributed by atoms with Crippen LogP contribution in [0, 0.1) is 0 Å². The second kappa shape index (κ2) is 18.2. The van der Waals surface area contributed by atoms with E-state index in [1.54, 1.807) is 0 Å². The minimum Gasteiger partial charge on any atom is -0.314 e. The number of hydrogen-bond acceptors (Lipinski definition) is 2. The fourth-order valence-electron chi connectivity index (χ4n) is 10.8. The van der Waals surface area contributed by atoms with E-state index >= 15 is 0 Å². The van der Waals surface area contributed by atoms with Crippen LogP contribution in [0.2, 0.25) is 0 Å². The molecular formula is C66H52N2. The quantitative estimate of drug-likeness (QED) is 0.126. The van der Waals surface area contributed by atoms with Crippen LogP contribution < -0.4 is 9.80 Å². The van der Waals surface area contributed by atoms with Gasteiger partial charge in [-0.15, -0.1) is 0 Å². The molecule has 0 unspecified atom stereocenters. The molecule has 0 radical (unpaired) electrons. The van der Waals surface area contributed by atoms with Crippen molar-refractivity contribution in [1.29, 1.82) is 0 Å². The number of benzene rings is 9. The predicted octanol–water partition coefficient (Wildman–Crippen LogP) is 18.5. The van der Waals surface area contributed by atoms with Gasteiger partial charge in [-0.3, -0.25) is 0 Å². The van der Waals surface area contributed by atoms with Crippen LogP contribution in [0.15, 0.2) is 254 Å². The molecule has 0 N–H and O–H groups in total. The third-order valence-electron chi connectivity index (χ3n) is 14.0. The molecule has 326 valence electrons. The first kappa shape index (κ1) is 41.2. The average Bonchev–Trinajstić information content (AvgIpc) is 3.42. The predicted molar refractivity (Wildman–Crippen MR) is 292 cm³/mol. The van der Waals surface area contributed by atoms with Gasteiger partial charge in [0.1, 0.15) is 0 Å². The molecule has 2 nitrogen and oxygen atoms in total. The Hall–Kier alpha value is -8.20. The van der Waals surface area contributed by atoms with Gasteiger partial charge in [0.2, 0.25) is 0 Å². The molecule has 0 fully saturated rings. The lowest BCUT2D eigenvalue weighted by Gasteiger charge is -2.30. The van der Waals surface area contributed by atoms with Gasteiger partial charge in [0.25, 0.3) is 0 Å². The Morgan fingerprint density at radius 3 is 1.54 bits per heavy atom. The number of fused-ring (bicyclic) bond motifs is 6. The first-order valence-corrected chi connectivity index (χ1v) is 24.3. The molecule has 3 aliphatic rings. The van der Waals surface area contributed by atoms with E-state index in [-0.39, 0.29) is 0 Å². The highest BCUT2D eigenvalue weighted by molar-refractivity contribution is 6.32. The summed E-state index contributed by atoms with van der Waals surface area (Å²) in [5.74, 6) is 0. The van der Waals surface area contributed by atoms with E-state index in [0.717, 1.165) is 49.9 Å². The summed E-state index contributed by atoms with van der Waals surface area (Å²) in [5.41, 5.74) is 17.4. The van der Waals surface area contributed by atoms with Crippen LogP contribution in [0.25, 0.3) is 65.7 Å². The van der Waals surface area contributed by atoms with E-state index in [2.05, 4.69) is 253 Å². The monoisotopic (exact) mass is 872 g/mol. The van der Waals surface area contributed by atoms with Gasteiger partial charge in [-0.1, -0.05) is 170 Å². The minimum atomic E-state index is 0.908. The van der Waals surface area contributed by atoms with Crippen molar-refractivity contribution < 1.29 is 0 Å². The molecule has 12 rings (SSSR count). The molecule has 2 heteroatoms. The number of rotatable bonds is 10. The summed E-state index contributed by atoms with van der Waals surface area (Å²) >= 11 is 0. The molecule has 0 spiro atoms. The van der Waals surface area contributed by atoms with Gasteiger partial charge in [0.05, 0.1) is 0 Å². The summed E-state index contributed by atoms with van der Waals surface area (Å²) in [6.07, 6.45) is 24.9. The summed E-state index contributed by atoms with van der Waals surface area (Å²) in [4.78, 5) is 4.82. The van der Waals surface area contributed by atoms with Crippen molar-refractivity contribution >= 4 is 66.2 Å². The van der Waals surface area contributed by atoms with E-state index < -0.39 is 0 Å². The van der Waals surface area contributed by atoms with Crippen LogP contribution in [0.1, 0.15) is 49.7 Å². The van der Waals surface area contributed by atoms with E-state index in [9.17, 15) is 0 Å². The second-order valence-corrected chi connectivity index (χ2v) is 18.1. The van der Waals surface area contributed by atoms with E-state index in [1.807, 2.05) is 0 Å². The lowest BCUT2D eigenvalue weighted by molar-refractivity contribution is 0.931. The van der Waals surface area contributed by atoms with Crippen LogP contribution in [0.4, 0.5) is 22.7 Å². The minimum absolute atomic E-state index is 0.908. The van der Waals surface area contributed by atoms with Crippen molar-refractivity contribution in [3.05, 3.63) is 265 Å². The molecule has 0 bridgehead atoms. The SMILES string of the molecule is C1=CC(c2cc(C3=CC=C(N(c4ccccc4)c4ccccc4)CC3)c3c4ccc(-c5ccccc5)cc4c4ccccc4c3c2-c2ccc(N(C3=CCCC=C3)c3ccccc3)cc2)=CCC1. The van der Waals surface area contributed by atoms with Gasteiger partial charge in [-0.2, -0.15) is 0 Å². The van der Waals surface area contributed by atoms with Gasteiger partial charge in [-0.25, -0.2) is 0 Å². The fourth-order valence-corrected chi connectivity index (χ4v) is 10.8. The Morgan fingerprint density at radius 2 is 0.926 bits per heavy atom. The summed E-state index contributed by atoms with van der Waals surface area (Å²) in [6, 6.07) is 71.5. The van der Waals surface area contributed by atoms with Crippen LogP contribution in [0.3, 0.4) is 0 Å². The molecule has 0 saturated heterocycles. The van der Waals surface area contributed by atoms with Crippen molar-refractivity contribution in [2.45, 2.75) is 38.5 Å². The zero-order chi connectivity index (χ0) is 45.2. The highest BCUT2D eigenvalue weighted by atomic mass is 15.2. The van der Waals surface area contributed by atoms with Crippen LogP contribution in [0.5, 0.6) is 0 Å². The van der Waals surface area contributed by atoms with Gasteiger partial charge in [-0.05, 0) is 188 Å². The molecule has 9 aromatic rings. The number of nitrogens with zero attached hydrogens (tertiary/aromatic N) is 2.